The highest BCUT2D eigenvalue weighted by Crippen LogP contribution is 2.32. The molecule has 0 spiro atoms. The van der Waals surface area contributed by atoms with E-state index in [0.29, 0.717) is 0 Å². The molecule has 2 unspecified atom stereocenters. The standard InChI is InChI=1S/C17H26N2/c18-12-16-6-3-7-17(16)13-19-10-8-14-4-1-2-5-15(14)9-11-19/h1-2,4-5,16-17H,3,6-13,18H2. The lowest BCUT2D eigenvalue weighted by Crippen LogP contribution is -2.34. The van der Waals surface area contributed by atoms with E-state index in [9.17, 15) is 0 Å². The summed E-state index contributed by atoms with van der Waals surface area (Å²) in [6.07, 6.45) is 6.58. The number of nitrogens with zero attached hydrogens (tertiary/aromatic N) is 1. The number of hydrogen-bond donors (Lipinski definition) is 1. The van der Waals surface area contributed by atoms with Gasteiger partial charge in [-0.15, -0.1) is 0 Å². The van der Waals surface area contributed by atoms with Crippen LogP contribution in [-0.2, 0) is 12.8 Å². The Morgan fingerprint density at radius 2 is 1.63 bits per heavy atom. The third-order valence-corrected chi connectivity index (χ3v) is 5.13. The fourth-order valence-corrected chi connectivity index (χ4v) is 3.89. The summed E-state index contributed by atoms with van der Waals surface area (Å²) >= 11 is 0. The van der Waals surface area contributed by atoms with E-state index in [4.69, 9.17) is 5.73 Å². The van der Waals surface area contributed by atoms with Gasteiger partial charge in [-0.3, -0.25) is 0 Å². The fraction of sp³-hybridized carbons (Fsp3) is 0.647. The van der Waals surface area contributed by atoms with Crippen molar-refractivity contribution in [3.05, 3.63) is 35.4 Å². The molecule has 1 aliphatic heterocycles. The van der Waals surface area contributed by atoms with Crippen LogP contribution >= 0.6 is 0 Å². The van der Waals surface area contributed by atoms with Crippen molar-refractivity contribution in [2.45, 2.75) is 32.1 Å². The highest BCUT2D eigenvalue weighted by atomic mass is 15.1. The van der Waals surface area contributed by atoms with Crippen molar-refractivity contribution in [2.24, 2.45) is 17.6 Å². The normalized spacial score (nSPS) is 28.1. The van der Waals surface area contributed by atoms with Crippen molar-refractivity contribution in [3.8, 4) is 0 Å². The van der Waals surface area contributed by atoms with E-state index in [1.165, 1.54) is 51.7 Å². The van der Waals surface area contributed by atoms with Crippen LogP contribution in [0.3, 0.4) is 0 Å². The van der Waals surface area contributed by atoms with Crippen LogP contribution in [0.25, 0.3) is 0 Å². The molecule has 3 rings (SSSR count). The van der Waals surface area contributed by atoms with Crippen LogP contribution in [-0.4, -0.2) is 31.1 Å². The van der Waals surface area contributed by atoms with Crippen LogP contribution in [0.5, 0.6) is 0 Å². The molecule has 1 saturated carbocycles. The van der Waals surface area contributed by atoms with Crippen molar-refractivity contribution >= 4 is 0 Å². The first kappa shape index (κ1) is 13.1. The van der Waals surface area contributed by atoms with Crippen molar-refractivity contribution < 1.29 is 0 Å². The van der Waals surface area contributed by atoms with Gasteiger partial charge in [0.2, 0.25) is 0 Å². The first-order chi connectivity index (χ1) is 9.36. The predicted molar refractivity (Wildman–Crippen MR) is 80.2 cm³/mol. The monoisotopic (exact) mass is 258 g/mol. The molecule has 0 aromatic heterocycles. The van der Waals surface area contributed by atoms with Crippen LogP contribution in [0, 0.1) is 11.8 Å². The molecule has 0 bridgehead atoms. The average molecular weight is 258 g/mol. The zero-order valence-corrected chi connectivity index (χ0v) is 11.9. The van der Waals surface area contributed by atoms with Gasteiger partial charge in [-0.05, 0) is 55.2 Å². The molecule has 2 nitrogen and oxygen atoms in total. The second-order valence-electron chi connectivity index (χ2n) is 6.26. The summed E-state index contributed by atoms with van der Waals surface area (Å²) < 4.78 is 0. The Hall–Kier alpha value is -0.860. The fourth-order valence-electron chi connectivity index (χ4n) is 3.89. The molecular formula is C17H26N2. The molecule has 0 saturated heterocycles. The smallest absolute Gasteiger partial charge is 0.00222 e. The van der Waals surface area contributed by atoms with Crippen LogP contribution in [0.4, 0.5) is 0 Å². The van der Waals surface area contributed by atoms with E-state index < -0.39 is 0 Å². The van der Waals surface area contributed by atoms with Gasteiger partial charge in [0.05, 0.1) is 0 Å². The summed E-state index contributed by atoms with van der Waals surface area (Å²) in [5.74, 6) is 1.64. The summed E-state index contributed by atoms with van der Waals surface area (Å²) in [4.78, 5) is 2.68. The summed E-state index contributed by atoms with van der Waals surface area (Å²) in [6, 6.07) is 8.96. The summed E-state index contributed by atoms with van der Waals surface area (Å²) in [5, 5.41) is 0. The lowest BCUT2D eigenvalue weighted by molar-refractivity contribution is 0.214. The molecule has 0 amide bonds. The molecule has 2 aliphatic rings. The molecule has 1 fully saturated rings. The van der Waals surface area contributed by atoms with E-state index in [1.54, 1.807) is 11.1 Å². The van der Waals surface area contributed by atoms with Gasteiger partial charge in [0.15, 0.2) is 0 Å². The molecule has 104 valence electrons. The number of rotatable bonds is 3. The first-order valence-corrected chi connectivity index (χ1v) is 7.86. The number of hydrogen-bond acceptors (Lipinski definition) is 2. The molecule has 2 heteroatoms. The summed E-state index contributed by atoms with van der Waals surface area (Å²) in [5.41, 5.74) is 9.03. The second-order valence-corrected chi connectivity index (χ2v) is 6.26. The van der Waals surface area contributed by atoms with Gasteiger partial charge in [0.1, 0.15) is 0 Å². The van der Waals surface area contributed by atoms with Crippen molar-refractivity contribution in [3.63, 3.8) is 0 Å². The molecule has 1 aromatic carbocycles. The topological polar surface area (TPSA) is 29.3 Å². The highest BCUT2D eigenvalue weighted by molar-refractivity contribution is 5.28. The molecule has 1 aliphatic carbocycles. The van der Waals surface area contributed by atoms with Gasteiger partial charge in [0, 0.05) is 19.6 Å². The molecule has 1 aromatic rings. The maximum atomic E-state index is 5.91. The molecular weight excluding hydrogens is 232 g/mol. The second kappa shape index (κ2) is 6.06. The number of nitrogens with two attached hydrogens (primary N) is 1. The van der Waals surface area contributed by atoms with Crippen LogP contribution in [0.1, 0.15) is 30.4 Å². The average Bonchev–Trinajstić information content (AvgIpc) is 2.79. The Labute approximate surface area is 117 Å². The molecule has 2 N–H and O–H groups in total. The van der Waals surface area contributed by atoms with E-state index in [-0.39, 0.29) is 0 Å². The number of benzene rings is 1. The van der Waals surface area contributed by atoms with E-state index in [0.717, 1.165) is 18.4 Å². The molecule has 19 heavy (non-hydrogen) atoms. The van der Waals surface area contributed by atoms with Crippen molar-refractivity contribution in [1.82, 2.24) is 4.90 Å². The third kappa shape index (κ3) is 3.01. The molecule has 1 heterocycles. The lowest BCUT2D eigenvalue weighted by atomic mass is 9.95. The van der Waals surface area contributed by atoms with Crippen LogP contribution in [0.15, 0.2) is 24.3 Å². The van der Waals surface area contributed by atoms with Crippen molar-refractivity contribution in [2.75, 3.05) is 26.2 Å². The minimum Gasteiger partial charge on any atom is -0.330 e. The minimum absolute atomic E-state index is 0.783. The Morgan fingerprint density at radius 3 is 2.26 bits per heavy atom. The first-order valence-electron chi connectivity index (χ1n) is 7.86. The van der Waals surface area contributed by atoms with Crippen LogP contribution < -0.4 is 5.73 Å². The lowest BCUT2D eigenvalue weighted by Gasteiger charge is -2.27. The SMILES string of the molecule is NCC1CCCC1CN1CCc2ccccc2CC1. The van der Waals surface area contributed by atoms with Gasteiger partial charge < -0.3 is 10.6 Å². The zero-order chi connectivity index (χ0) is 13.1. The summed E-state index contributed by atoms with van der Waals surface area (Å²) in [7, 11) is 0. The van der Waals surface area contributed by atoms with Gasteiger partial charge in [-0.25, -0.2) is 0 Å². The van der Waals surface area contributed by atoms with E-state index >= 15 is 0 Å². The predicted octanol–water partition coefficient (Wildman–Crippen LogP) is 2.46. The zero-order valence-electron chi connectivity index (χ0n) is 11.9. The molecule has 0 radical (unpaired) electrons. The Bertz CT molecular complexity index is 388. The largest absolute Gasteiger partial charge is 0.330 e. The molecule has 2 atom stereocenters. The Morgan fingerprint density at radius 1 is 1.00 bits per heavy atom. The van der Waals surface area contributed by atoms with Gasteiger partial charge in [-0.2, -0.15) is 0 Å². The Balaban J connectivity index is 1.60. The summed E-state index contributed by atoms with van der Waals surface area (Å²) in [6.45, 7) is 4.62. The van der Waals surface area contributed by atoms with E-state index in [1.807, 2.05) is 0 Å². The van der Waals surface area contributed by atoms with Gasteiger partial charge in [0.25, 0.3) is 0 Å². The Kier molecular flexibility index (Phi) is 4.19. The van der Waals surface area contributed by atoms with Crippen LogP contribution in [0.2, 0.25) is 0 Å². The number of fused-ring (bicyclic) bond motifs is 1. The third-order valence-electron chi connectivity index (χ3n) is 5.13. The maximum absolute atomic E-state index is 5.91. The minimum atomic E-state index is 0.783. The quantitative estimate of drug-likeness (QED) is 0.902. The highest BCUT2D eigenvalue weighted by Gasteiger charge is 2.28. The maximum Gasteiger partial charge on any atom is 0.00222 e. The van der Waals surface area contributed by atoms with E-state index in [2.05, 4.69) is 29.2 Å². The van der Waals surface area contributed by atoms with Gasteiger partial charge >= 0.3 is 0 Å². The van der Waals surface area contributed by atoms with Gasteiger partial charge in [-0.1, -0.05) is 30.7 Å². The van der Waals surface area contributed by atoms with Crippen molar-refractivity contribution in [1.29, 1.82) is 0 Å².